The monoisotopic (exact) mass is 366 g/mol. The molecule has 4 rings (SSSR count). The Labute approximate surface area is 149 Å². The first kappa shape index (κ1) is 17.1. The second-order valence-corrected chi connectivity index (χ2v) is 8.95. The molecule has 25 heavy (non-hydrogen) atoms. The van der Waals surface area contributed by atoms with Crippen LogP contribution in [0.4, 0.5) is 0 Å². The first-order valence-electron chi connectivity index (χ1n) is 9.23. The van der Waals surface area contributed by atoms with Gasteiger partial charge in [0.2, 0.25) is 0 Å². The lowest BCUT2D eigenvalue weighted by Crippen LogP contribution is -2.49. The van der Waals surface area contributed by atoms with E-state index in [1.54, 1.807) is 4.31 Å². The Morgan fingerprint density at radius 3 is 2.60 bits per heavy atom. The van der Waals surface area contributed by atoms with E-state index in [0.29, 0.717) is 31.4 Å². The van der Waals surface area contributed by atoms with E-state index in [1.165, 1.54) is 0 Å². The molecule has 0 amide bonds. The van der Waals surface area contributed by atoms with E-state index in [4.69, 9.17) is 9.47 Å². The maximum Gasteiger partial charge on any atom is 0.280 e. The third kappa shape index (κ3) is 3.64. The summed E-state index contributed by atoms with van der Waals surface area (Å²) >= 11 is 0. The van der Waals surface area contributed by atoms with Crippen LogP contribution in [-0.4, -0.2) is 38.5 Å². The molecule has 0 radical (unpaired) electrons. The van der Waals surface area contributed by atoms with Gasteiger partial charge >= 0.3 is 0 Å². The minimum Gasteiger partial charge on any atom is -0.486 e. The van der Waals surface area contributed by atoms with Crippen LogP contribution >= 0.6 is 0 Å². The maximum atomic E-state index is 13.0. The van der Waals surface area contributed by atoms with Crippen molar-refractivity contribution in [3.63, 3.8) is 0 Å². The first-order chi connectivity index (χ1) is 12.0. The van der Waals surface area contributed by atoms with Gasteiger partial charge in [-0.25, -0.2) is 0 Å². The van der Waals surface area contributed by atoms with Gasteiger partial charge in [-0.15, -0.1) is 0 Å². The van der Waals surface area contributed by atoms with E-state index in [0.717, 1.165) is 43.4 Å². The molecule has 0 unspecified atom stereocenters. The number of fused-ring (bicyclic) bond motifs is 1. The summed E-state index contributed by atoms with van der Waals surface area (Å²) in [4.78, 5) is 0. The highest BCUT2D eigenvalue weighted by Gasteiger charge is 2.38. The van der Waals surface area contributed by atoms with Gasteiger partial charge < -0.3 is 9.47 Å². The summed E-state index contributed by atoms with van der Waals surface area (Å²) < 4.78 is 41.8. The average Bonchev–Trinajstić information content (AvgIpc) is 3.44. The van der Waals surface area contributed by atoms with Gasteiger partial charge in [0.25, 0.3) is 10.2 Å². The Kier molecular flexibility index (Phi) is 4.64. The van der Waals surface area contributed by atoms with Crippen LogP contribution in [0.15, 0.2) is 18.2 Å². The van der Waals surface area contributed by atoms with Crippen molar-refractivity contribution >= 4 is 10.2 Å². The third-order valence-electron chi connectivity index (χ3n) is 5.35. The molecule has 7 heteroatoms. The number of hydrogen-bond acceptors (Lipinski definition) is 4. The van der Waals surface area contributed by atoms with Gasteiger partial charge in [-0.2, -0.15) is 17.4 Å². The molecule has 1 aromatic carbocycles. The maximum absolute atomic E-state index is 13.0. The summed E-state index contributed by atoms with van der Waals surface area (Å²) in [7, 11) is -3.49. The van der Waals surface area contributed by atoms with Crippen LogP contribution in [0.3, 0.4) is 0 Å². The lowest BCUT2D eigenvalue weighted by atomic mass is 10.0. The lowest BCUT2D eigenvalue weighted by Gasteiger charge is -2.34. The molecule has 1 N–H and O–H groups in total. The predicted octanol–water partition coefficient (Wildman–Crippen LogP) is 2.62. The highest BCUT2D eigenvalue weighted by atomic mass is 32.2. The fourth-order valence-corrected chi connectivity index (χ4v) is 5.51. The van der Waals surface area contributed by atoms with Crippen LogP contribution in [0.2, 0.25) is 0 Å². The van der Waals surface area contributed by atoms with Crippen LogP contribution in [-0.2, 0) is 10.2 Å². The summed E-state index contributed by atoms with van der Waals surface area (Å²) in [5, 5.41) is 0. The molecule has 0 aromatic heterocycles. The summed E-state index contributed by atoms with van der Waals surface area (Å²) in [5.41, 5.74) is 0.958. The van der Waals surface area contributed by atoms with Gasteiger partial charge in [0, 0.05) is 12.6 Å². The zero-order valence-electron chi connectivity index (χ0n) is 14.6. The Morgan fingerprint density at radius 1 is 1.12 bits per heavy atom. The molecule has 2 atom stereocenters. The highest BCUT2D eigenvalue weighted by Crippen LogP contribution is 2.44. The summed E-state index contributed by atoms with van der Waals surface area (Å²) in [5.74, 6) is 1.80. The lowest BCUT2D eigenvalue weighted by molar-refractivity contribution is 0.171. The SMILES string of the molecule is C[C@H]1CCCCN1S(=O)(=O)N[C@H](c1ccc2c(c1)OCCO2)C1CC1. The third-order valence-corrected chi connectivity index (χ3v) is 7.06. The number of ether oxygens (including phenoxy) is 2. The Balaban J connectivity index is 1.57. The van der Waals surface area contributed by atoms with Crippen molar-refractivity contribution in [2.24, 2.45) is 5.92 Å². The Morgan fingerprint density at radius 2 is 1.88 bits per heavy atom. The van der Waals surface area contributed by atoms with Crippen LogP contribution in [0.5, 0.6) is 11.5 Å². The number of benzene rings is 1. The molecule has 6 nitrogen and oxygen atoms in total. The van der Waals surface area contributed by atoms with Crippen LogP contribution < -0.4 is 14.2 Å². The van der Waals surface area contributed by atoms with Gasteiger partial charge in [0.15, 0.2) is 11.5 Å². The molecular formula is C18H26N2O4S. The van der Waals surface area contributed by atoms with Crippen molar-refractivity contribution in [2.45, 2.75) is 51.1 Å². The molecule has 2 heterocycles. The van der Waals surface area contributed by atoms with Crippen molar-refractivity contribution < 1.29 is 17.9 Å². The van der Waals surface area contributed by atoms with E-state index < -0.39 is 10.2 Å². The van der Waals surface area contributed by atoms with Crippen molar-refractivity contribution in [1.29, 1.82) is 0 Å². The van der Waals surface area contributed by atoms with Crippen LogP contribution in [0.1, 0.15) is 50.6 Å². The average molecular weight is 366 g/mol. The molecule has 1 aliphatic carbocycles. The van der Waals surface area contributed by atoms with Gasteiger partial charge in [0.1, 0.15) is 13.2 Å². The molecule has 0 bridgehead atoms. The summed E-state index contributed by atoms with van der Waals surface area (Å²) in [6.07, 6.45) is 5.07. The largest absolute Gasteiger partial charge is 0.486 e. The molecule has 138 valence electrons. The Hall–Kier alpha value is -1.31. The van der Waals surface area contributed by atoms with Gasteiger partial charge in [0.05, 0.1) is 6.04 Å². The second-order valence-electron chi connectivity index (χ2n) is 7.30. The van der Waals surface area contributed by atoms with Crippen LogP contribution in [0, 0.1) is 5.92 Å². The number of nitrogens with zero attached hydrogens (tertiary/aromatic N) is 1. The number of nitrogens with one attached hydrogen (secondary N) is 1. The molecular weight excluding hydrogens is 340 g/mol. The number of piperidine rings is 1. The molecule has 2 aliphatic heterocycles. The van der Waals surface area contributed by atoms with E-state index in [9.17, 15) is 8.42 Å². The van der Waals surface area contributed by atoms with E-state index >= 15 is 0 Å². The molecule has 1 saturated heterocycles. The molecule has 2 fully saturated rings. The smallest absolute Gasteiger partial charge is 0.280 e. The van der Waals surface area contributed by atoms with Crippen molar-refractivity contribution in [2.75, 3.05) is 19.8 Å². The topological polar surface area (TPSA) is 67.9 Å². The fourth-order valence-electron chi connectivity index (χ4n) is 3.78. The first-order valence-corrected chi connectivity index (χ1v) is 10.7. The van der Waals surface area contributed by atoms with E-state index in [1.807, 2.05) is 25.1 Å². The number of rotatable bonds is 5. The Bertz CT molecular complexity index is 733. The normalized spacial score (nSPS) is 25.6. The van der Waals surface area contributed by atoms with Crippen molar-refractivity contribution in [3.8, 4) is 11.5 Å². The quantitative estimate of drug-likeness (QED) is 0.870. The minimum atomic E-state index is -3.49. The van der Waals surface area contributed by atoms with Gasteiger partial charge in [-0.3, -0.25) is 0 Å². The molecule has 1 aromatic rings. The van der Waals surface area contributed by atoms with E-state index in [2.05, 4.69) is 4.72 Å². The van der Waals surface area contributed by atoms with Crippen molar-refractivity contribution in [3.05, 3.63) is 23.8 Å². The second kappa shape index (κ2) is 6.78. The summed E-state index contributed by atoms with van der Waals surface area (Å²) in [6.45, 7) is 3.68. The van der Waals surface area contributed by atoms with E-state index in [-0.39, 0.29) is 12.1 Å². The minimum absolute atomic E-state index is 0.0615. The molecule has 1 saturated carbocycles. The standard InChI is InChI=1S/C18H26N2O4S/c1-13-4-2-3-9-20(13)25(21,22)19-18(14-5-6-14)15-7-8-16-17(12-15)24-11-10-23-16/h7-8,12-14,18-19H,2-6,9-11H2,1H3/t13-,18-/m0/s1. The molecule has 3 aliphatic rings. The molecule has 0 spiro atoms. The zero-order valence-corrected chi connectivity index (χ0v) is 15.4. The highest BCUT2D eigenvalue weighted by molar-refractivity contribution is 7.87. The van der Waals surface area contributed by atoms with Gasteiger partial charge in [-0.1, -0.05) is 12.5 Å². The summed E-state index contributed by atoms with van der Waals surface area (Å²) in [6, 6.07) is 5.64. The van der Waals surface area contributed by atoms with Gasteiger partial charge in [-0.05, 0) is 56.2 Å². The van der Waals surface area contributed by atoms with Crippen LogP contribution in [0.25, 0.3) is 0 Å². The fraction of sp³-hybridized carbons (Fsp3) is 0.667. The number of hydrogen-bond donors (Lipinski definition) is 1. The zero-order chi connectivity index (χ0) is 17.4. The van der Waals surface area contributed by atoms with Crippen molar-refractivity contribution in [1.82, 2.24) is 9.03 Å². The predicted molar refractivity (Wildman–Crippen MR) is 95.0 cm³/mol.